The summed E-state index contributed by atoms with van der Waals surface area (Å²) in [4.78, 5) is 20.4. The monoisotopic (exact) mass is 393 g/mol. The molecule has 0 fully saturated rings. The summed E-state index contributed by atoms with van der Waals surface area (Å²) in [7, 11) is 3.71. The highest BCUT2D eigenvalue weighted by Gasteiger charge is 2.20. The van der Waals surface area contributed by atoms with Gasteiger partial charge >= 0.3 is 0 Å². The molecular formula is C21H23N5OS. The van der Waals surface area contributed by atoms with Crippen molar-refractivity contribution in [3.63, 3.8) is 0 Å². The molecule has 0 N–H and O–H groups in total. The first kappa shape index (κ1) is 18.4. The smallest absolute Gasteiger partial charge is 0.271 e. The van der Waals surface area contributed by atoms with Gasteiger partial charge in [0.15, 0.2) is 4.96 Å². The van der Waals surface area contributed by atoms with Crippen LogP contribution >= 0.6 is 11.3 Å². The van der Waals surface area contributed by atoms with Crippen LogP contribution in [-0.4, -0.2) is 37.0 Å². The van der Waals surface area contributed by atoms with E-state index in [-0.39, 0.29) is 5.91 Å². The number of imidazole rings is 1. The van der Waals surface area contributed by atoms with Gasteiger partial charge < -0.3 is 4.90 Å². The number of rotatable bonds is 4. The van der Waals surface area contributed by atoms with Gasteiger partial charge in [0.05, 0.1) is 11.4 Å². The van der Waals surface area contributed by atoms with E-state index in [1.54, 1.807) is 9.58 Å². The van der Waals surface area contributed by atoms with E-state index in [9.17, 15) is 4.79 Å². The summed E-state index contributed by atoms with van der Waals surface area (Å²) in [5.74, 6) is -0.0283. The van der Waals surface area contributed by atoms with Crippen molar-refractivity contribution in [2.75, 3.05) is 7.05 Å². The first-order chi connectivity index (χ1) is 13.3. The summed E-state index contributed by atoms with van der Waals surface area (Å²) in [6, 6.07) is 6.34. The fourth-order valence-electron chi connectivity index (χ4n) is 3.41. The zero-order valence-corrected chi connectivity index (χ0v) is 17.5. The Morgan fingerprint density at radius 2 is 2.00 bits per heavy atom. The summed E-state index contributed by atoms with van der Waals surface area (Å²) in [5.41, 5.74) is 6.99. The quantitative estimate of drug-likeness (QED) is 0.527. The van der Waals surface area contributed by atoms with Gasteiger partial charge in [-0.15, -0.1) is 11.3 Å². The van der Waals surface area contributed by atoms with Crippen LogP contribution in [0.3, 0.4) is 0 Å². The third-order valence-corrected chi connectivity index (χ3v) is 5.81. The molecule has 1 aromatic carbocycles. The molecule has 6 nitrogen and oxygen atoms in total. The molecule has 0 aliphatic rings. The van der Waals surface area contributed by atoms with E-state index >= 15 is 0 Å². The maximum atomic E-state index is 13.1. The maximum absolute atomic E-state index is 13.1. The fourth-order valence-corrected chi connectivity index (χ4v) is 4.25. The molecule has 0 aliphatic heterocycles. The van der Waals surface area contributed by atoms with E-state index in [1.165, 1.54) is 22.5 Å². The molecule has 0 atom stereocenters. The van der Waals surface area contributed by atoms with Crippen molar-refractivity contribution < 1.29 is 4.79 Å². The molecule has 7 heteroatoms. The highest BCUT2D eigenvalue weighted by Crippen LogP contribution is 2.27. The Hall–Kier alpha value is -2.93. The summed E-state index contributed by atoms with van der Waals surface area (Å²) >= 11 is 1.49. The summed E-state index contributed by atoms with van der Waals surface area (Å²) in [6.45, 7) is 6.64. The molecule has 3 heterocycles. The number of nitrogens with zero attached hydrogens (tertiary/aromatic N) is 5. The van der Waals surface area contributed by atoms with E-state index in [0.29, 0.717) is 12.2 Å². The Labute approximate surface area is 168 Å². The van der Waals surface area contributed by atoms with Gasteiger partial charge in [-0.05, 0) is 32.4 Å². The highest BCUT2D eigenvalue weighted by molar-refractivity contribution is 7.15. The van der Waals surface area contributed by atoms with Crippen molar-refractivity contribution in [3.05, 3.63) is 64.1 Å². The normalized spacial score (nSPS) is 11.3. The van der Waals surface area contributed by atoms with E-state index in [2.05, 4.69) is 37.1 Å². The number of aryl methyl sites for hydroxylation is 4. The first-order valence-electron chi connectivity index (χ1n) is 9.12. The van der Waals surface area contributed by atoms with Crippen LogP contribution in [0.1, 0.15) is 32.9 Å². The van der Waals surface area contributed by atoms with Gasteiger partial charge in [-0.1, -0.05) is 17.7 Å². The first-order valence-corrected chi connectivity index (χ1v) is 10.00. The number of benzene rings is 1. The third kappa shape index (κ3) is 3.22. The topological polar surface area (TPSA) is 55.4 Å². The summed E-state index contributed by atoms with van der Waals surface area (Å²) in [5, 5.41) is 6.23. The SMILES string of the molecule is Cc1ccc(C)c(-c2cn3c(C(=O)N(C)Cc4cn(C)nc4C)csc3n2)c1. The standard InChI is InChI=1S/C21H23N5OS/c1-13-6-7-14(2)17(8-13)18-11-26-19(12-28-21(26)22-18)20(27)24(4)9-16-10-25(5)23-15(16)3/h6-8,10-12H,9H2,1-5H3. The van der Waals surface area contributed by atoms with Gasteiger partial charge in [-0.25, -0.2) is 4.98 Å². The third-order valence-electron chi connectivity index (χ3n) is 4.97. The molecule has 0 radical (unpaired) electrons. The highest BCUT2D eigenvalue weighted by atomic mass is 32.1. The largest absolute Gasteiger partial charge is 0.336 e. The molecule has 0 saturated carbocycles. The van der Waals surface area contributed by atoms with E-state index in [1.807, 2.05) is 43.2 Å². The molecule has 3 aromatic heterocycles. The van der Waals surface area contributed by atoms with Crippen molar-refractivity contribution in [2.24, 2.45) is 7.05 Å². The van der Waals surface area contributed by atoms with Crippen LogP contribution in [0.5, 0.6) is 0 Å². The molecule has 4 aromatic rings. The van der Waals surface area contributed by atoms with Crippen LogP contribution in [0.15, 0.2) is 36.0 Å². The van der Waals surface area contributed by atoms with Crippen LogP contribution in [0, 0.1) is 20.8 Å². The fraction of sp³-hybridized carbons (Fsp3) is 0.286. The number of hydrogen-bond donors (Lipinski definition) is 0. The second kappa shape index (κ2) is 6.91. The van der Waals surface area contributed by atoms with E-state index < -0.39 is 0 Å². The Balaban J connectivity index is 1.65. The minimum Gasteiger partial charge on any atom is -0.336 e. The lowest BCUT2D eigenvalue weighted by Crippen LogP contribution is -2.27. The Morgan fingerprint density at radius 1 is 1.21 bits per heavy atom. The second-order valence-electron chi connectivity index (χ2n) is 7.29. The van der Waals surface area contributed by atoms with Crippen LogP contribution in [0.4, 0.5) is 0 Å². The predicted octanol–water partition coefficient (Wildman–Crippen LogP) is 3.99. The number of fused-ring (bicyclic) bond motifs is 1. The van der Waals surface area contributed by atoms with Crippen molar-refractivity contribution in [1.29, 1.82) is 0 Å². The van der Waals surface area contributed by atoms with Crippen LogP contribution < -0.4 is 0 Å². The lowest BCUT2D eigenvalue weighted by molar-refractivity contribution is 0.0778. The summed E-state index contributed by atoms with van der Waals surface area (Å²) < 4.78 is 3.68. The molecule has 0 unspecified atom stereocenters. The lowest BCUT2D eigenvalue weighted by atomic mass is 10.0. The van der Waals surface area contributed by atoms with Crippen LogP contribution in [-0.2, 0) is 13.6 Å². The van der Waals surface area contributed by atoms with Crippen LogP contribution in [0.25, 0.3) is 16.2 Å². The number of aromatic nitrogens is 4. The van der Waals surface area contributed by atoms with Gasteiger partial charge in [0, 0.05) is 49.5 Å². The number of amides is 1. The minimum absolute atomic E-state index is 0.0283. The molecular weight excluding hydrogens is 370 g/mol. The lowest BCUT2D eigenvalue weighted by Gasteiger charge is -2.16. The number of carbonyl (C=O) groups excluding carboxylic acids is 1. The maximum Gasteiger partial charge on any atom is 0.271 e. The molecule has 0 spiro atoms. The van der Waals surface area contributed by atoms with Gasteiger partial charge in [0.1, 0.15) is 5.69 Å². The van der Waals surface area contributed by atoms with E-state index in [4.69, 9.17) is 4.98 Å². The van der Waals surface area contributed by atoms with Gasteiger partial charge in [0.2, 0.25) is 0 Å². The van der Waals surface area contributed by atoms with Crippen molar-refractivity contribution >= 4 is 22.2 Å². The number of hydrogen-bond acceptors (Lipinski definition) is 4. The Kier molecular flexibility index (Phi) is 4.55. The Bertz CT molecular complexity index is 1180. The predicted molar refractivity (Wildman–Crippen MR) is 112 cm³/mol. The number of thiazole rings is 1. The molecule has 0 aliphatic carbocycles. The Morgan fingerprint density at radius 3 is 2.71 bits per heavy atom. The molecule has 144 valence electrons. The van der Waals surface area contributed by atoms with Crippen molar-refractivity contribution in [2.45, 2.75) is 27.3 Å². The average molecular weight is 394 g/mol. The molecule has 1 amide bonds. The summed E-state index contributed by atoms with van der Waals surface area (Å²) in [6.07, 6.45) is 3.92. The second-order valence-corrected chi connectivity index (χ2v) is 8.13. The molecule has 0 bridgehead atoms. The minimum atomic E-state index is -0.0283. The van der Waals surface area contributed by atoms with Gasteiger partial charge in [0.25, 0.3) is 5.91 Å². The van der Waals surface area contributed by atoms with Crippen molar-refractivity contribution in [1.82, 2.24) is 24.1 Å². The molecule has 4 rings (SSSR count). The zero-order valence-electron chi connectivity index (χ0n) is 16.7. The molecule has 0 saturated heterocycles. The van der Waals surface area contributed by atoms with Gasteiger partial charge in [-0.2, -0.15) is 5.10 Å². The van der Waals surface area contributed by atoms with Crippen molar-refractivity contribution in [3.8, 4) is 11.3 Å². The number of carbonyl (C=O) groups is 1. The van der Waals surface area contributed by atoms with Gasteiger partial charge in [-0.3, -0.25) is 13.9 Å². The zero-order chi connectivity index (χ0) is 20.0. The average Bonchev–Trinajstić information content (AvgIpc) is 3.30. The van der Waals surface area contributed by atoms with E-state index in [0.717, 1.165) is 27.5 Å². The van der Waals surface area contributed by atoms with Crippen LogP contribution in [0.2, 0.25) is 0 Å². The molecule has 28 heavy (non-hydrogen) atoms.